The van der Waals surface area contributed by atoms with Gasteiger partial charge in [0.05, 0.1) is 0 Å². The molecule has 4 heteroatoms. The van der Waals surface area contributed by atoms with E-state index in [1.165, 1.54) is 0 Å². The molecule has 0 spiro atoms. The van der Waals surface area contributed by atoms with Crippen LogP contribution in [0, 0.1) is 17.5 Å². The van der Waals surface area contributed by atoms with Crippen LogP contribution in [0.5, 0.6) is 0 Å². The lowest BCUT2D eigenvalue weighted by molar-refractivity contribution is 0.243. The summed E-state index contributed by atoms with van der Waals surface area (Å²) >= 11 is 0. The second-order valence-electron chi connectivity index (χ2n) is 3.76. The van der Waals surface area contributed by atoms with Crippen molar-refractivity contribution in [1.29, 1.82) is 0 Å². The Balaban J connectivity index is 2.48. The van der Waals surface area contributed by atoms with Gasteiger partial charge in [0.25, 0.3) is 0 Å². The lowest BCUT2D eigenvalue weighted by Gasteiger charge is -2.38. The zero-order valence-corrected chi connectivity index (χ0v) is 7.49. The number of halogens is 3. The maximum Gasteiger partial charge on any atom is 0.161 e. The van der Waals surface area contributed by atoms with Crippen LogP contribution in [0.25, 0.3) is 0 Å². The van der Waals surface area contributed by atoms with Crippen molar-refractivity contribution in [3.63, 3.8) is 0 Å². The van der Waals surface area contributed by atoms with E-state index >= 15 is 0 Å². The largest absolute Gasteiger partial charge is 0.321 e. The Hall–Kier alpha value is -1.03. The van der Waals surface area contributed by atoms with Crippen LogP contribution >= 0.6 is 0 Å². The molecular formula is C10H10F3N. The quantitative estimate of drug-likeness (QED) is 0.694. The van der Waals surface area contributed by atoms with Crippen LogP contribution in [0.1, 0.15) is 24.8 Å². The molecule has 0 aliphatic heterocycles. The summed E-state index contributed by atoms with van der Waals surface area (Å²) in [5.41, 5.74) is 5.11. The predicted octanol–water partition coefficient (Wildman–Crippen LogP) is 2.44. The Labute approximate surface area is 79.7 Å². The van der Waals surface area contributed by atoms with Crippen molar-refractivity contribution < 1.29 is 13.2 Å². The lowest BCUT2D eigenvalue weighted by Crippen LogP contribution is -2.44. The Bertz CT molecular complexity index is 372. The first-order valence-corrected chi connectivity index (χ1v) is 4.47. The average molecular weight is 201 g/mol. The molecule has 0 heterocycles. The molecule has 0 saturated heterocycles. The molecule has 0 atom stereocenters. The average Bonchev–Trinajstić information content (AvgIpc) is 2.07. The molecule has 1 aliphatic carbocycles. The van der Waals surface area contributed by atoms with E-state index in [0.717, 1.165) is 12.5 Å². The smallest absolute Gasteiger partial charge is 0.161 e. The SMILES string of the molecule is NC1(c2cc(F)c(F)cc2F)CCC1. The number of benzene rings is 1. The van der Waals surface area contributed by atoms with Crippen LogP contribution in [0.2, 0.25) is 0 Å². The van der Waals surface area contributed by atoms with Crippen LogP contribution in [0.4, 0.5) is 13.2 Å². The fourth-order valence-corrected chi connectivity index (χ4v) is 1.73. The van der Waals surface area contributed by atoms with Gasteiger partial charge in [-0.3, -0.25) is 0 Å². The summed E-state index contributed by atoms with van der Waals surface area (Å²) in [6, 6.07) is 1.42. The molecular weight excluding hydrogens is 191 g/mol. The molecule has 1 aromatic carbocycles. The molecule has 1 aliphatic rings. The number of rotatable bonds is 1. The Morgan fingerprint density at radius 2 is 1.57 bits per heavy atom. The third-order valence-corrected chi connectivity index (χ3v) is 2.79. The molecule has 2 rings (SSSR count). The Morgan fingerprint density at radius 1 is 1.00 bits per heavy atom. The molecule has 0 unspecified atom stereocenters. The topological polar surface area (TPSA) is 26.0 Å². The monoisotopic (exact) mass is 201 g/mol. The van der Waals surface area contributed by atoms with Crippen molar-refractivity contribution in [2.45, 2.75) is 24.8 Å². The van der Waals surface area contributed by atoms with Crippen LogP contribution in [0.3, 0.4) is 0 Å². The van der Waals surface area contributed by atoms with Gasteiger partial charge in [0.2, 0.25) is 0 Å². The second-order valence-corrected chi connectivity index (χ2v) is 3.76. The molecule has 0 amide bonds. The first-order valence-electron chi connectivity index (χ1n) is 4.47. The summed E-state index contributed by atoms with van der Waals surface area (Å²) in [4.78, 5) is 0. The van der Waals surface area contributed by atoms with E-state index < -0.39 is 23.0 Å². The second kappa shape index (κ2) is 2.98. The maximum atomic E-state index is 13.3. The van der Waals surface area contributed by atoms with E-state index in [1.54, 1.807) is 0 Å². The van der Waals surface area contributed by atoms with Gasteiger partial charge in [-0.1, -0.05) is 0 Å². The predicted molar refractivity (Wildman–Crippen MR) is 46.0 cm³/mol. The fourth-order valence-electron chi connectivity index (χ4n) is 1.73. The van der Waals surface area contributed by atoms with Gasteiger partial charge in [0, 0.05) is 17.2 Å². The van der Waals surface area contributed by atoms with Crippen molar-refractivity contribution in [3.05, 3.63) is 35.1 Å². The third-order valence-electron chi connectivity index (χ3n) is 2.79. The van der Waals surface area contributed by atoms with Crippen molar-refractivity contribution in [2.75, 3.05) is 0 Å². The molecule has 1 saturated carbocycles. The Kier molecular flexibility index (Phi) is 2.03. The summed E-state index contributed by atoms with van der Waals surface area (Å²) in [6.07, 6.45) is 2.14. The molecule has 1 nitrogen and oxygen atoms in total. The minimum atomic E-state index is -1.17. The van der Waals surface area contributed by atoms with Crippen molar-refractivity contribution in [2.24, 2.45) is 5.73 Å². The first kappa shape index (κ1) is 9.52. The third kappa shape index (κ3) is 1.30. The molecule has 0 radical (unpaired) electrons. The zero-order chi connectivity index (χ0) is 10.3. The van der Waals surface area contributed by atoms with Crippen LogP contribution < -0.4 is 5.73 Å². The minimum Gasteiger partial charge on any atom is -0.321 e. The molecule has 76 valence electrons. The lowest BCUT2D eigenvalue weighted by atomic mass is 9.72. The normalized spacial score (nSPS) is 19.1. The van der Waals surface area contributed by atoms with Gasteiger partial charge in [-0.2, -0.15) is 0 Å². The van der Waals surface area contributed by atoms with Crippen LogP contribution in [0.15, 0.2) is 12.1 Å². The van der Waals surface area contributed by atoms with E-state index in [9.17, 15) is 13.2 Å². The van der Waals surface area contributed by atoms with Crippen molar-refractivity contribution in [1.82, 2.24) is 0 Å². The highest BCUT2D eigenvalue weighted by Gasteiger charge is 2.37. The summed E-state index contributed by atoms with van der Waals surface area (Å²) in [6.45, 7) is 0. The molecule has 14 heavy (non-hydrogen) atoms. The highest BCUT2D eigenvalue weighted by atomic mass is 19.2. The van der Waals surface area contributed by atoms with Gasteiger partial charge in [-0.05, 0) is 25.3 Å². The summed E-state index contributed by atoms with van der Waals surface area (Å²) < 4.78 is 38.7. The summed E-state index contributed by atoms with van der Waals surface area (Å²) in [5.74, 6) is -2.97. The van der Waals surface area contributed by atoms with Gasteiger partial charge >= 0.3 is 0 Å². The number of hydrogen-bond donors (Lipinski definition) is 1. The Morgan fingerprint density at radius 3 is 2.07 bits per heavy atom. The van der Waals surface area contributed by atoms with Gasteiger partial charge in [-0.25, -0.2) is 13.2 Å². The molecule has 1 aromatic rings. The van der Waals surface area contributed by atoms with Crippen LogP contribution in [-0.2, 0) is 5.54 Å². The number of nitrogens with two attached hydrogens (primary N) is 1. The van der Waals surface area contributed by atoms with E-state index in [4.69, 9.17) is 5.73 Å². The first-order chi connectivity index (χ1) is 6.53. The van der Waals surface area contributed by atoms with Crippen LogP contribution in [-0.4, -0.2) is 0 Å². The van der Waals surface area contributed by atoms with Gasteiger partial charge in [0.15, 0.2) is 11.6 Å². The van der Waals surface area contributed by atoms with E-state index in [-0.39, 0.29) is 5.56 Å². The number of hydrogen-bond acceptors (Lipinski definition) is 1. The van der Waals surface area contributed by atoms with E-state index in [2.05, 4.69) is 0 Å². The highest BCUT2D eigenvalue weighted by Crippen LogP contribution is 2.40. The molecule has 2 N–H and O–H groups in total. The molecule has 1 fully saturated rings. The molecule has 0 aromatic heterocycles. The van der Waals surface area contributed by atoms with Gasteiger partial charge in [-0.15, -0.1) is 0 Å². The molecule has 0 bridgehead atoms. The fraction of sp³-hybridized carbons (Fsp3) is 0.400. The maximum absolute atomic E-state index is 13.3. The zero-order valence-electron chi connectivity index (χ0n) is 7.49. The van der Waals surface area contributed by atoms with Gasteiger partial charge in [0.1, 0.15) is 5.82 Å². The summed E-state index contributed by atoms with van der Waals surface area (Å²) in [5, 5.41) is 0. The van der Waals surface area contributed by atoms with E-state index in [0.29, 0.717) is 18.9 Å². The minimum absolute atomic E-state index is 0.0858. The van der Waals surface area contributed by atoms with Crippen molar-refractivity contribution in [3.8, 4) is 0 Å². The highest BCUT2D eigenvalue weighted by molar-refractivity contribution is 5.29. The van der Waals surface area contributed by atoms with E-state index in [1.807, 2.05) is 0 Å². The standard InChI is InChI=1S/C10H10F3N/c11-7-5-9(13)8(12)4-6(7)10(14)2-1-3-10/h4-5H,1-3,14H2. The summed E-state index contributed by atoms with van der Waals surface area (Å²) in [7, 11) is 0. The van der Waals surface area contributed by atoms with Crippen molar-refractivity contribution >= 4 is 0 Å². The van der Waals surface area contributed by atoms with Gasteiger partial charge < -0.3 is 5.73 Å².